The number of rotatable bonds is 2. The Bertz CT molecular complexity index is 375. The molecule has 0 saturated heterocycles. The van der Waals surface area contributed by atoms with Crippen molar-refractivity contribution in [3.05, 3.63) is 28.3 Å². The zero-order chi connectivity index (χ0) is 10.9. The SMILES string of the molecule is Cc1cc(O)c(Cl)cc1C(O)C(=O)O. The third kappa shape index (κ3) is 1.97. The van der Waals surface area contributed by atoms with E-state index < -0.39 is 12.1 Å². The predicted molar refractivity (Wildman–Crippen MR) is 50.4 cm³/mol. The Morgan fingerprint density at radius 1 is 1.50 bits per heavy atom. The first-order valence-electron chi connectivity index (χ1n) is 3.83. The molecular weight excluding hydrogens is 208 g/mol. The smallest absolute Gasteiger partial charge is 0.337 e. The number of benzene rings is 1. The van der Waals surface area contributed by atoms with Crippen molar-refractivity contribution in [1.82, 2.24) is 0 Å². The molecule has 0 radical (unpaired) electrons. The topological polar surface area (TPSA) is 77.8 Å². The van der Waals surface area contributed by atoms with E-state index in [9.17, 15) is 15.0 Å². The molecule has 0 aliphatic heterocycles. The van der Waals surface area contributed by atoms with Crippen LogP contribution < -0.4 is 0 Å². The van der Waals surface area contributed by atoms with Crippen LogP contribution in [0.25, 0.3) is 0 Å². The summed E-state index contributed by atoms with van der Waals surface area (Å²) in [5.74, 6) is -1.49. The van der Waals surface area contributed by atoms with Crippen LogP contribution in [0.5, 0.6) is 5.75 Å². The minimum atomic E-state index is -1.62. The molecule has 1 atom stereocenters. The molecule has 0 aliphatic carbocycles. The first-order chi connectivity index (χ1) is 6.43. The van der Waals surface area contributed by atoms with E-state index >= 15 is 0 Å². The molecule has 5 heteroatoms. The Hall–Kier alpha value is -1.26. The van der Waals surface area contributed by atoms with Crippen molar-refractivity contribution in [3.8, 4) is 5.75 Å². The Morgan fingerprint density at radius 3 is 2.57 bits per heavy atom. The van der Waals surface area contributed by atoms with Crippen LogP contribution in [-0.4, -0.2) is 21.3 Å². The van der Waals surface area contributed by atoms with E-state index in [1.807, 2.05) is 0 Å². The van der Waals surface area contributed by atoms with E-state index in [1.165, 1.54) is 12.1 Å². The molecule has 4 nitrogen and oxygen atoms in total. The van der Waals surface area contributed by atoms with E-state index in [4.69, 9.17) is 16.7 Å². The number of halogens is 1. The Balaban J connectivity index is 3.22. The van der Waals surface area contributed by atoms with Gasteiger partial charge in [-0.05, 0) is 30.2 Å². The zero-order valence-corrected chi connectivity index (χ0v) is 8.12. The number of carboxylic acids is 1. The van der Waals surface area contributed by atoms with Gasteiger partial charge in [0.25, 0.3) is 0 Å². The summed E-state index contributed by atoms with van der Waals surface area (Å²) in [7, 11) is 0. The number of aliphatic hydroxyl groups is 1. The van der Waals surface area contributed by atoms with Crippen LogP contribution in [0.4, 0.5) is 0 Å². The first-order valence-corrected chi connectivity index (χ1v) is 4.21. The first kappa shape index (κ1) is 10.8. The standard InChI is InChI=1S/C9H9ClO4/c1-4-2-7(11)6(10)3-5(4)8(12)9(13)14/h2-3,8,11-12H,1H3,(H,13,14). The fraction of sp³-hybridized carbons (Fsp3) is 0.222. The van der Waals surface area contributed by atoms with Crippen LogP contribution in [0.1, 0.15) is 17.2 Å². The van der Waals surface area contributed by atoms with Crippen LogP contribution in [-0.2, 0) is 4.79 Å². The second-order valence-corrected chi connectivity index (χ2v) is 3.31. The molecule has 0 amide bonds. The van der Waals surface area contributed by atoms with Crippen molar-refractivity contribution in [2.45, 2.75) is 13.0 Å². The summed E-state index contributed by atoms with van der Waals surface area (Å²) in [6.45, 7) is 1.58. The van der Waals surface area contributed by atoms with Gasteiger partial charge in [0.05, 0.1) is 5.02 Å². The zero-order valence-electron chi connectivity index (χ0n) is 7.36. The van der Waals surface area contributed by atoms with E-state index in [0.29, 0.717) is 5.56 Å². The van der Waals surface area contributed by atoms with Crippen LogP contribution in [0.3, 0.4) is 0 Å². The summed E-state index contributed by atoms with van der Waals surface area (Å²) in [6, 6.07) is 2.55. The maximum Gasteiger partial charge on any atom is 0.337 e. The highest BCUT2D eigenvalue weighted by Gasteiger charge is 2.19. The number of aryl methyl sites for hydroxylation is 1. The molecule has 1 unspecified atom stereocenters. The van der Waals surface area contributed by atoms with Gasteiger partial charge in [0.15, 0.2) is 6.10 Å². The fourth-order valence-corrected chi connectivity index (χ4v) is 1.28. The number of aromatic hydroxyl groups is 1. The predicted octanol–water partition coefficient (Wildman–Crippen LogP) is 1.47. The summed E-state index contributed by atoms with van der Waals surface area (Å²) in [5.41, 5.74) is 0.655. The minimum Gasteiger partial charge on any atom is -0.506 e. The average Bonchev–Trinajstić information content (AvgIpc) is 2.10. The number of carbonyl (C=O) groups is 1. The highest BCUT2D eigenvalue weighted by atomic mass is 35.5. The third-order valence-electron chi connectivity index (χ3n) is 1.86. The van der Waals surface area contributed by atoms with Crippen LogP contribution in [0.2, 0.25) is 5.02 Å². The van der Waals surface area contributed by atoms with Gasteiger partial charge in [-0.2, -0.15) is 0 Å². The second-order valence-electron chi connectivity index (χ2n) is 2.90. The van der Waals surface area contributed by atoms with Gasteiger partial charge in [0.2, 0.25) is 0 Å². The van der Waals surface area contributed by atoms with Crippen LogP contribution >= 0.6 is 11.6 Å². The van der Waals surface area contributed by atoms with Gasteiger partial charge in [-0.3, -0.25) is 0 Å². The Labute approximate surface area is 85.4 Å². The van der Waals surface area contributed by atoms with Gasteiger partial charge in [-0.1, -0.05) is 11.6 Å². The average molecular weight is 217 g/mol. The van der Waals surface area contributed by atoms with Gasteiger partial charge < -0.3 is 15.3 Å². The van der Waals surface area contributed by atoms with E-state index in [1.54, 1.807) is 6.92 Å². The quantitative estimate of drug-likeness (QED) is 0.700. The molecule has 0 heterocycles. The van der Waals surface area contributed by atoms with Gasteiger partial charge in [-0.15, -0.1) is 0 Å². The normalized spacial score (nSPS) is 12.5. The summed E-state index contributed by atoms with van der Waals surface area (Å²) in [5, 5.41) is 27.0. The molecule has 0 spiro atoms. The lowest BCUT2D eigenvalue weighted by molar-refractivity contribution is -0.147. The number of carboxylic acid groups (broad SMARTS) is 1. The van der Waals surface area contributed by atoms with Gasteiger partial charge in [-0.25, -0.2) is 4.79 Å². The molecule has 14 heavy (non-hydrogen) atoms. The second kappa shape index (κ2) is 3.86. The summed E-state index contributed by atoms with van der Waals surface area (Å²) in [6.07, 6.45) is -1.62. The maximum atomic E-state index is 10.5. The van der Waals surface area contributed by atoms with Crippen molar-refractivity contribution in [1.29, 1.82) is 0 Å². The summed E-state index contributed by atoms with van der Waals surface area (Å²) >= 11 is 5.58. The molecule has 0 aliphatic rings. The van der Waals surface area contributed by atoms with Crippen LogP contribution in [0, 0.1) is 6.92 Å². The summed E-state index contributed by atoms with van der Waals surface area (Å²) < 4.78 is 0. The lowest BCUT2D eigenvalue weighted by Gasteiger charge is -2.10. The lowest BCUT2D eigenvalue weighted by atomic mass is 10.0. The maximum absolute atomic E-state index is 10.5. The molecule has 0 saturated carbocycles. The number of phenolic OH excluding ortho intramolecular Hbond substituents is 1. The van der Waals surface area contributed by atoms with E-state index in [0.717, 1.165) is 0 Å². The molecular formula is C9H9ClO4. The van der Waals surface area contributed by atoms with Gasteiger partial charge in [0.1, 0.15) is 5.75 Å². The van der Waals surface area contributed by atoms with E-state index in [2.05, 4.69) is 0 Å². The van der Waals surface area contributed by atoms with Crippen molar-refractivity contribution in [2.75, 3.05) is 0 Å². The number of hydrogen-bond donors (Lipinski definition) is 3. The molecule has 3 N–H and O–H groups in total. The highest BCUT2D eigenvalue weighted by molar-refractivity contribution is 6.32. The summed E-state index contributed by atoms with van der Waals surface area (Å²) in [4.78, 5) is 10.5. The van der Waals surface area contributed by atoms with Crippen molar-refractivity contribution in [2.24, 2.45) is 0 Å². The van der Waals surface area contributed by atoms with Crippen LogP contribution in [0.15, 0.2) is 12.1 Å². The third-order valence-corrected chi connectivity index (χ3v) is 2.17. The monoisotopic (exact) mass is 216 g/mol. The molecule has 0 bridgehead atoms. The molecule has 1 aromatic carbocycles. The number of phenols is 1. The Kier molecular flexibility index (Phi) is 2.98. The van der Waals surface area contributed by atoms with Crippen molar-refractivity contribution >= 4 is 17.6 Å². The highest BCUT2D eigenvalue weighted by Crippen LogP contribution is 2.29. The number of aliphatic hydroxyl groups excluding tert-OH is 1. The van der Waals surface area contributed by atoms with Crippen molar-refractivity contribution in [3.63, 3.8) is 0 Å². The molecule has 1 aromatic rings. The molecule has 0 fully saturated rings. The largest absolute Gasteiger partial charge is 0.506 e. The minimum absolute atomic E-state index is 0.0194. The lowest BCUT2D eigenvalue weighted by Crippen LogP contribution is -2.11. The van der Waals surface area contributed by atoms with Crippen molar-refractivity contribution < 1.29 is 20.1 Å². The van der Waals surface area contributed by atoms with Gasteiger partial charge >= 0.3 is 5.97 Å². The Morgan fingerprint density at radius 2 is 2.07 bits per heavy atom. The van der Waals surface area contributed by atoms with E-state index in [-0.39, 0.29) is 16.3 Å². The van der Waals surface area contributed by atoms with Gasteiger partial charge in [0, 0.05) is 0 Å². The fourth-order valence-electron chi connectivity index (χ4n) is 1.11. The number of aliphatic carboxylic acids is 1. The molecule has 76 valence electrons. The molecule has 0 aromatic heterocycles. The number of hydrogen-bond acceptors (Lipinski definition) is 3. The molecule has 1 rings (SSSR count).